The number of hydrogen-bond acceptors (Lipinski definition) is 3. The summed E-state index contributed by atoms with van der Waals surface area (Å²) in [6, 6.07) is 5.21. The molecule has 0 fully saturated rings. The summed E-state index contributed by atoms with van der Waals surface area (Å²) in [5.74, 6) is 0.424. The Kier molecular flexibility index (Phi) is 3.44. The van der Waals surface area contributed by atoms with Gasteiger partial charge in [-0.1, -0.05) is 11.6 Å². The van der Waals surface area contributed by atoms with E-state index in [0.717, 1.165) is 5.69 Å². The third kappa shape index (κ3) is 2.85. The van der Waals surface area contributed by atoms with Crippen LogP contribution in [0.15, 0.2) is 35.1 Å². The van der Waals surface area contributed by atoms with Crippen LogP contribution in [-0.2, 0) is 6.54 Å². The minimum Gasteiger partial charge on any atom is -0.467 e. The minimum atomic E-state index is -0.265. The number of aromatic nitrogens is 1. The molecule has 0 aliphatic rings. The number of halogens is 1. The Morgan fingerprint density at radius 2 is 2.41 bits per heavy atom. The molecule has 1 amide bonds. The molecule has 0 aliphatic heterocycles. The maximum Gasteiger partial charge on any atom is 0.254 e. The summed E-state index contributed by atoms with van der Waals surface area (Å²) in [5.41, 5.74) is 1.14. The lowest BCUT2D eigenvalue weighted by atomic mass is 10.2. The summed E-state index contributed by atoms with van der Waals surface area (Å²) < 4.78 is 5.11. The van der Waals surface area contributed by atoms with Gasteiger partial charge < -0.3 is 9.73 Å². The molecule has 5 heteroatoms. The zero-order chi connectivity index (χ0) is 12.3. The zero-order valence-electron chi connectivity index (χ0n) is 9.24. The Balaban J connectivity index is 2.04. The Morgan fingerprint density at radius 1 is 1.59 bits per heavy atom. The number of nitrogens with zero attached hydrogens (tertiary/aromatic N) is 1. The third-order valence-corrected chi connectivity index (χ3v) is 2.55. The molecule has 0 bridgehead atoms. The Labute approximate surface area is 104 Å². The first-order valence-corrected chi connectivity index (χ1v) is 5.47. The van der Waals surface area contributed by atoms with E-state index < -0.39 is 0 Å². The van der Waals surface area contributed by atoms with Gasteiger partial charge in [-0.2, -0.15) is 0 Å². The molecule has 0 saturated heterocycles. The Bertz CT molecular complexity index is 523. The van der Waals surface area contributed by atoms with Crippen LogP contribution >= 0.6 is 11.6 Å². The predicted molar refractivity (Wildman–Crippen MR) is 63.9 cm³/mol. The minimum absolute atomic E-state index is 0.265. The lowest BCUT2D eigenvalue weighted by molar-refractivity contribution is 0.0948. The summed E-state index contributed by atoms with van der Waals surface area (Å²) in [7, 11) is 0. The molecule has 4 nitrogen and oxygen atoms in total. The van der Waals surface area contributed by atoms with E-state index in [-0.39, 0.29) is 5.91 Å². The maximum absolute atomic E-state index is 11.8. The van der Waals surface area contributed by atoms with Crippen LogP contribution in [0.2, 0.25) is 5.02 Å². The monoisotopic (exact) mass is 250 g/mol. The molecule has 0 spiro atoms. The van der Waals surface area contributed by atoms with E-state index in [9.17, 15) is 4.79 Å². The summed E-state index contributed by atoms with van der Waals surface area (Å²) in [5, 5.41) is 3.10. The topological polar surface area (TPSA) is 55.1 Å². The molecule has 2 heterocycles. The van der Waals surface area contributed by atoms with Crippen molar-refractivity contribution in [1.29, 1.82) is 0 Å². The third-order valence-electron chi connectivity index (χ3n) is 2.24. The number of rotatable bonds is 3. The normalized spacial score (nSPS) is 10.2. The number of pyridine rings is 1. The van der Waals surface area contributed by atoms with Crippen LogP contribution in [0, 0.1) is 6.92 Å². The fraction of sp³-hybridized carbons (Fsp3) is 0.167. The van der Waals surface area contributed by atoms with Gasteiger partial charge >= 0.3 is 0 Å². The highest BCUT2D eigenvalue weighted by Gasteiger charge is 2.11. The van der Waals surface area contributed by atoms with E-state index in [1.165, 1.54) is 6.20 Å². The number of aryl methyl sites for hydroxylation is 1. The van der Waals surface area contributed by atoms with E-state index in [2.05, 4.69) is 10.3 Å². The molecule has 0 radical (unpaired) electrons. The van der Waals surface area contributed by atoms with Crippen molar-refractivity contribution in [3.8, 4) is 0 Å². The summed E-state index contributed by atoms with van der Waals surface area (Å²) >= 11 is 5.96. The molecular formula is C12H11ClN2O2. The van der Waals surface area contributed by atoms with Gasteiger partial charge in [0.2, 0.25) is 0 Å². The molecule has 0 aliphatic carbocycles. The second-order valence-electron chi connectivity index (χ2n) is 3.57. The second-order valence-corrected chi connectivity index (χ2v) is 3.97. The number of carbonyl (C=O) groups excluding carboxylic acids is 1. The van der Waals surface area contributed by atoms with Crippen LogP contribution in [0.3, 0.4) is 0 Å². The Morgan fingerprint density at radius 3 is 3.06 bits per heavy atom. The highest BCUT2D eigenvalue weighted by molar-refractivity contribution is 6.33. The fourth-order valence-corrected chi connectivity index (χ4v) is 1.66. The Hall–Kier alpha value is -1.81. The molecule has 2 rings (SSSR count). The second kappa shape index (κ2) is 5.01. The molecule has 2 aromatic rings. The van der Waals surface area contributed by atoms with Gasteiger partial charge in [0.05, 0.1) is 23.4 Å². The molecule has 1 N–H and O–H groups in total. The van der Waals surface area contributed by atoms with Crippen molar-refractivity contribution >= 4 is 17.5 Å². The SMILES string of the molecule is Cc1cc(Cl)c(C(=O)NCc2ccco2)cn1. The lowest BCUT2D eigenvalue weighted by Gasteiger charge is -2.05. The van der Waals surface area contributed by atoms with Crippen LogP contribution in [0.4, 0.5) is 0 Å². The van der Waals surface area contributed by atoms with Gasteiger partial charge in [0, 0.05) is 11.9 Å². The first-order chi connectivity index (χ1) is 8.16. The van der Waals surface area contributed by atoms with Crippen molar-refractivity contribution < 1.29 is 9.21 Å². The molecule has 0 saturated carbocycles. The van der Waals surface area contributed by atoms with Crippen molar-refractivity contribution in [2.45, 2.75) is 13.5 Å². The average molecular weight is 251 g/mol. The van der Waals surface area contributed by atoms with Gasteiger partial charge in [-0.3, -0.25) is 9.78 Å². The number of hydrogen-bond donors (Lipinski definition) is 1. The van der Waals surface area contributed by atoms with E-state index in [1.807, 2.05) is 6.92 Å². The predicted octanol–water partition coefficient (Wildman–Crippen LogP) is 2.57. The highest BCUT2D eigenvalue weighted by Crippen LogP contribution is 2.15. The van der Waals surface area contributed by atoms with E-state index >= 15 is 0 Å². The van der Waals surface area contributed by atoms with Gasteiger partial charge in [0.15, 0.2) is 0 Å². The average Bonchev–Trinajstić information content (AvgIpc) is 2.78. The van der Waals surface area contributed by atoms with E-state index in [4.69, 9.17) is 16.0 Å². The molecule has 0 aromatic carbocycles. The molecule has 0 unspecified atom stereocenters. The standard InChI is InChI=1S/C12H11ClN2O2/c1-8-5-11(13)10(7-14-8)12(16)15-6-9-3-2-4-17-9/h2-5,7H,6H2,1H3,(H,15,16). The quantitative estimate of drug-likeness (QED) is 0.911. The molecule has 17 heavy (non-hydrogen) atoms. The van der Waals surface area contributed by atoms with Gasteiger partial charge in [-0.15, -0.1) is 0 Å². The largest absolute Gasteiger partial charge is 0.467 e. The fourth-order valence-electron chi connectivity index (χ4n) is 1.37. The van der Waals surface area contributed by atoms with Crippen LogP contribution in [0.25, 0.3) is 0 Å². The van der Waals surface area contributed by atoms with Crippen LogP contribution in [0.1, 0.15) is 21.8 Å². The van der Waals surface area contributed by atoms with Crippen LogP contribution in [-0.4, -0.2) is 10.9 Å². The van der Waals surface area contributed by atoms with Crippen molar-refractivity contribution in [1.82, 2.24) is 10.3 Å². The van der Waals surface area contributed by atoms with Gasteiger partial charge in [-0.05, 0) is 25.1 Å². The molecule has 2 aromatic heterocycles. The van der Waals surface area contributed by atoms with Gasteiger partial charge in [-0.25, -0.2) is 0 Å². The van der Waals surface area contributed by atoms with Crippen molar-refractivity contribution in [2.75, 3.05) is 0 Å². The molecular weight excluding hydrogens is 240 g/mol. The highest BCUT2D eigenvalue weighted by atomic mass is 35.5. The van der Waals surface area contributed by atoms with E-state index in [1.54, 1.807) is 24.5 Å². The van der Waals surface area contributed by atoms with Crippen molar-refractivity contribution in [3.05, 3.63) is 52.7 Å². The van der Waals surface area contributed by atoms with E-state index in [0.29, 0.717) is 22.9 Å². The summed E-state index contributed by atoms with van der Waals surface area (Å²) in [6.45, 7) is 2.15. The number of nitrogens with one attached hydrogen (secondary N) is 1. The van der Waals surface area contributed by atoms with Gasteiger partial charge in [0.25, 0.3) is 5.91 Å². The first-order valence-electron chi connectivity index (χ1n) is 5.09. The lowest BCUT2D eigenvalue weighted by Crippen LogP contribution is -2.23. The number of carbonyl (C=O) groups is 1. The smallest absolute Gasteiger partial charge is 0.254 e. The summed E-state index contributed by atoms with van der Waals surface area (Å²) in [4.78, 5) is 15.8. The number of amides is 1. The van der Waals surface area contributed by atoms with Gasteiger partial charge in [0.1, 0.15) is 5.76 Å². The maximum atomic E-state index is 11.8. The van der Waals surface area contributed by atoms with Crippen molar-refractivity contribution in [3.63, 3.8) is 0 Å². The van der Waals surface area contributed by atoms with Crippen LogP contribution < -0.4 is 5.32 Å². The summed E-state index contributed by atoms with van der Waals surface area (Å²) in [6.07, 6.45) is 3.02. The number of furan rings is 1. The first kappa shape index (κ1) is 11.7. The van der Waals surface area contributed by atoms with Crippen molar-refractivity contribution in [2.24, 2.45) is 0 Å². The molecule has 0 atom stereocenters. The molecule has 88 valence electrons. The van der Waals surface area contributed by atoms with Crippen LogP contribution in [0.5, 0.6) is 0 Å². The zero-order valence-corrected chi connectivity index (χ0v) is 9.99.